The van der Waals surface area contributed by atoms with E-state index in [1.54, 1.807) is 0 Å². The fourth-order valence-electron chi connectivity index (χ4n) is 1.83. The molecule has 3 nitrogen and oxygen atoms in total. The van der Waals surface area contributed by atoms with Gasteiger partial charge in [-0.05, 0) is 19.8 Å². The average Bonchev–Trinajstić information content (AvgIpc) is 2.36. The summed E-state index contributed by atoms with van der Waals surface area (Å²) in [5.74, 6) is 0. The van der Waals surface area contributed by atoms with Crippen LogP contribution in [0, 0.1) is 6.92 Å². The first kappa shape index (κ1) is 11.2. The van der Waals surface area contributed by atoms with Gasteiger partial charge in [-0.15, -0.1) is 11.6 Å². The third kappa shape index (κ3) is 2.30. The molecule has 1 N–H and O–H groups in total. The number of hydrogen-bond acceptors (Lipinski definition) is 2. The van der Waals surface area contributed by atoms with Crippen LogP contribution in [0.5, 0.6) is 0 Å². The molecule has 0 amide bonds. The third-order valence-electron chi connectivity index (χ3n) is 2.90. The lowest BCUT2D eigenvalue weighted by molar-refractivity contribution is 0.341. The van der Waals surface area contributed by atoms with Crippen molar-refractivity contribution in [3.05, 3.63) is 16.4 Å². The van der Waals surface area contributed by atoms with Crippen LogP contribution >= 0.6 is 23.2 Å². The summed E-state index contributed by atoms with van der Waals surface area (Å²) in [6, 6.07) is 0.541. The largest absolute Gasteiger partial charge is 0.308 e. The number of aromatic nitrogens is 2. The van der Waals surface area contributed by atoms with E-state index in [1.807, 2.05) is 18.7 Å². The Bertz CT molecular complexity index is 356. The van der Waals surface area contributed by atoms with Crippen LogP contribution in [0.2, 0.25) is 5.02 Å². The lowest BCUT2D eigenvalue weighted by atomic mass is 9.92. The maximum Gasteiger partial charge on any atom is 0.0860 e. The van der Waals surface area contributed by atoms with Gasteiger partial charge in [-0.3, -0.25) is 4.68 Å². The van der Waals surface area contributed by atoms with Crippen molar-refractivity contribution < 1.29 is 0 Å². The average molecular weight is 248 g/mol. The normalized spacial score (nSPS) is 25.3. The summed E-state index contributed by atoms with van der Waals surface area (Å²) in [7, 11) is 1.92. The molecule has 0 saturated heterocycles. The van der Waals surface area contributed by atoms with Gasteiger partial charge >= 0.3 is 0 Å². The van der Waals surface area contributed by atoms with Crippen LogP contribution < -0.4 is 5.32 Å². The third-order valence-corrected chi connectivity index (χ3v) is 3.75. The lowest BCUT2D eigenvalue weighted by Gasteiger charge is -2.31. The van der Waals surface area contributed by atoms with E-state index in [4.69, 9.17) is 23.2 Å². The highest BCUT2D eigenvalue weighted by Crippen LogP contribution is 2.26. The van der Waals surface area contributed by atoms with Gasteiger partial charge in [-0.25, -0.2) is 0 Å². The molecular formula is C10H15Cl2N3. The van der Waals surface area contributed by atoms with Gasteiger partial charge in [0.25, 0.3) is 0 Å². The van der Waals surface area contributed by atoms with E-state index >= 15 is 0 Å². The first-order valence-electron chi connectivity index (χ1n) is 5.13. The van der Waals surface area contributed by atoms with E-state index in [9.17, 15) is 0 Å². The molecule has 0 aliphatic heterocycles. The zero-order chi connectivity index (χ0) is 11.0. The summed E-state index contributed by atoms with van der Waals surface area (Å²) in [6.07, 6.45) is 2.10. The van der Waals surface area contributed by atoms with E-state index in [-0.39, 0.29) is 0 Å². The number of hydrogen-bond donors (Lipinski definition) is 1. The Balaban J connectivity index is 1.93. The molecule has 1 aromatic heterocycles. The molecule has 84 valence electrons. The molecule has 15 heavy (non-hydrogen) atoms. The summed E-state index contributed by atoms with van der Waals surface area (Å²) in [4.78, 5) is 0. The fourth-order valence-corrected chi connectivity index (χ4v) is 2.49. The minimum atomic E-state index is 0.353. The Morgan fingerprint density at radius 1 is 1.53 bits per heavy atom. The molecule has 1 aromatic rings. The van der Waals surface area contributed by atoms with Crippen LogP contribution in [0.4, 0.5) is 0 Å². The molecule has 1 aliphatic rings. The molecule has 0 unspecified atom stereocenters. The number of halogens is 2. The maximum absolute atomic E-state index is 6.14. The van der Waals surface area contributed by atoms with Gasteiger partial charge in [-0.1, -0.05) is 11.6 Å². The van der Waals surface area contributed by atoms with Gasteiger partial charge in [0, 0.05) is 25.0 Å². The molecule has 0 bridgehead atoms. The van der Waals surface area contributed by atoms with Crippen LogP contribution in [0.25, 0.3) is 0 Å². The molecule has 2 rings (SSSR count). The molecule has 0 aromatic carbocycles. The van der Waals surface area contributed by atoms with Crippen molar-refractivity contribution in [2.24, 2.45) is 7.05 Å². The van der Waals surface area contributed by atoms with E-state index in [0.29, 0.717) is 11.4 Å². The SMILES string of the molecule is Cc1nn(C)c(CNC2CC(Cl)C2)c1Cl. The minimum absolute atomic E-state index is 0.353. The highest BCUT2D eigenvalue weighted by atomic mass is 35.5. The highest BCUT2D eigenvalue weighted by Gasteiger charge is 2.27. The van der Waals surface area contributed by atoms with Gasteiger partial charge < -0.3 is 5.32 Å². The van der Waals surface area contributed by atoms with Crippen LogP contribution in [-0.4, -0.2) is 21.2 Å². The van der Waals surface area contributed by atoms with E-state index < -0.39 is 0 Å². The summed E-state index contributed by atoms with van der Waals surface area (Å²) < 4.78 is 1.83. The van der Waals surface area contributed by atoms with Crippen molar-refractivity contribution >= 4 is 23.2 Å². The first-order chi connectivity index (χ1) is 7.08. The number of rotatable bonds is 3. The molecule has 0 spiro atoms. The molecule has 0 radical (unpaired) electrons. The Kier molecular flexibility index (Phi) is 3.24. The van der Waals surface area contributed by atoms with Crippen molar-refractivity contribution in [2.75, 3.05) is 0 Å². The Labute approximate surface area is 99.7 Å². The summed E-state index contributed by atoms with van der Waals surface area (Å²) >= 11 is 12.0. The number of nitrogens with zero attached hydrogens (tertiary/aromatic N) is 2. The monoisotopic (exact) mass is 247 g/mol. The van der Waals surface area contributed by atoms with Crippen molar-refractivity contribution in [1.82, 2.24) is 15.1 Å². The van der Waals surface area contributed by atoms with Crippen LogP contribution in [0.1, 0.15) is 24.2 Å². The van der Waals surface area contributed by atoms with Crippen LogP contribution in [-0.2, 0) is 13.6 Å². The predicted octanol–water partition coefficient (Wildman–Crippen LogP) is 2.24. The van der Waals surface area contributed by atoms with Crippen molar-refractivity contribution in [3.8, 4) is 0 Å². The molecule has 1 saturated carbocycles. The maximum atomic E-state index is 6.14. The quantitative estimate of drug-likeness (QED) is 0.831. The van der Waals surface area contributed by atoms with Crippen molar-refractivity contribution in [1.29, 1.82) is 0 Å². The number of alkyl halides is 1. The van der Waals surface area contributed by atoms with Gasteiger partial charge in [-0.2, -0.15) is 5.10 Å². The molecule has 1 fully saturated rings. The van der Waals surface area contributed by atoms with Gasteiger partial charge in [0.15, 0.2) is 0 Å². The minimum Gasteiger partial charge on any atom is -0.308 e. The Morgan fingerprint density at radius 2 is 2.20 bits per heavy atom. The lowest BCUT2D eigenvalue weighted by Crippen LogP contribution is -2.41. The highest BCUT2D eigenvalue weighted by molar-refractivity contribution is 6.31. The number of aryl methyl sites for hydroxylation is 2. The standard InChI is InChI=1S/C10H15Cl2N3/c1-6-10(12)9(15(2)14-6)5-13-8-3-7(11)4-8/h7-8,13H,3-5H2,1-2H3. The smallest absolute Gasteiger partial charge is 0.0860 e. The number of nitrogens with one attached hydrogen (secondary N) is 1. The van der Waals surface area contributed by atoms with Crippen molar-refractivity contribution in [2.45, 2.75) is 37.7 Å². The predicted molar refractivity (Wildman–Crippen MR) is 62.5 cm³/mol. The first-order valence-corrected chi connectivity index (χ1v) is 5.94. The Morgan fingerprint density at radius 3 is 2.67 bits per heavy atom. The molecule has 1 heterocycles. The zero-order valence-corrected chi connectivity index (χ0v) is 10.4. The van der Waals surface area contributed by atoms with E-state index in [1.165, 1.54) is 0 Å². The second-order valence-electron chi connectivity index (χ2n) is 4.12. The molecule has 1 aliphatic carbocycles. The summed E-state index contributed by atoms with van der Waals surface area (Å²) in [5, 5.41) is 8.82. The van der Waals surface area contributed by atoms with Gasteiger partial charge in [0.05, 0.1) is 16.4 Å². The molecule has 5 heteroatoms. The summed E-state index contributed by atoms with van der Waals surface area (Å²) in [5.41, 5.74) is 1.94. The Hall–Kier alpha value is -0.250. The van der Waals surface area contributed by atoms with Gasteiger partial charge in [0.2, 0.25) is 0 Å². The topological polar surface area (TPSA) is 29.9 Å². The second kappa shape index (κ2) is 4.32. The molecular weight excluding hydrogens is 233 g/mol. The zero-order valence-electron chi connectivity index (χ0n) is 8.93. The van der Waals surface area contributed by atoms with Crippen LogP contribution in [0.3, 0.4) is 0 Å². The van der Waals surface area contributed by atoms with E-state index in [0.717, 1.165) is 35.8 Å². The van der Waals surface area contributed by atoms with Crippen molar-refractivity contribution in [3.63, 3.8) is 0 Å². The van der Waals surface area contributed by atoms with Crippen LogP contribution in [0.15, 0.2) is 0 Å². The molecule has 0 atom stereocenters. The summed E-state index contributed by atoms with van der Waals surface area (Å²) in [6.45, 7) is 2.69. The second-order valence-corrected chi connectivity index (χ2v) is 5.11. The fraction of sp³-hybridized carbons (Fsp3) is 0.700. The van der Waals surface area contributed by atoms with Gasteiger partial charge in [0.1, 0.15) is 0 Å². The van der Waals surface area contributed by atoms with E-state index in [2.05, 4.69) is 10.4 Å².